The van der Waals surface area contributed by atoms with Crippen molar-refractivity contribution in [1.82, 2.24) is 0 Å². The molecule has 0 saturated carbocycles. The Kier molecular flexibility index (Phi) is 2.12. The molecule has 1 aromatic carbocycles. The number of rotatable bonds is 1. The molecule has 0 bridgehead atoms. The largest absolute Gasteiger partial charge is 0.481 e. The topological polar surface area (TPSA) is 63.3 Å². The Morgan fingerprint density at radius 2 is 2.13 bits per heavy atom. The zero-order valence-corrected chi connectivity index (χ0v) is 8.47. The molecule has 0 amide bonds. The van der Waals surface area contributed by atoms with Gasteiger partial charge in [0.15, 0.2) is 0 Å². The van der Waals surface area contributed by atoms with Crippen LogP contribution in [0.2, 0.25) is 0 Å². The van der Waals surface area contributed by atoms with Crippen molar-refractivity contribution in [1.29, 1.82) is 0 Å². The van der Waals surface area contributed by atoms with Crippen molar-refractivity contribution < 1.29 is 9.90 Å². The molecule has 15 heavy (non-hydrogen) atoms. The minimum atomic E-state index is -0.884. The third kappa shape index (κ3) is 1.45. The molecule has 1 aromatic rings. The standard InChI is InChI=1S/C12H13NO2/c1-12(13)9-5-3-2-4-8(9)6-7-10(12)11(14)15/h2-7,10H,13H2,1H3,(H,14,15). The Bertz CT molecular complexity index is 435. The van der Waals surface area contributed by atoms with Crippen LogP contribution in [-0.2, 0) is 10.3 Å². The number of benzene rings is 1. The van der Waals surface area contributed by atoms with Crippen LogP contribution in [0.25, 0.3) is 6.08 Å². The number of hydrogen-bond donors (Lipinski definition) is 2. The van der Waals surface area contributed by atoms with Crippen LogP contribution < -0.4 is 5.73 Å². The molecule has 3 nitrogen and oxygen atoms in total. The highest BCUT2D eigenvalue weighted by molar-refractivity contribution is 5.78. The van der Waals surface area contributed by atoms with E-state index < -0.39 is 17.4 Å². The fraction of sp³-hybridized carbons (Fsp3) is 0.250. The molecule has 2 unspecified atom stereocenters. The summed E-state index contributed by atoms with van der Waals surface area (Å²) in [6.07, 6.45) is 3.48. The second kappa shape index (κ2) is 3.21. The second-order valence-electron chi connectivity index (χ2n) is 4.04. The molecule has 3 N–H and O–H groups in total. The number of carboxylic acids is 1. The SMILES string of the molecule is CC1(N)c2ccccc2C=CC1C(=O)O. The van der Waals surface area contributed by atoms with Crippen LogP contribution in [0.5, 0.6) is 0 Å². The van der Waals surface area contributed by atoms with E-state index in [1.54, 1.807) is 13.0 Å². The normalized spacial score (nSPS) is 28.5. The Balaban J connectivity index is 2.57. The van der Waals surface area contributed by atoms with Crippen LogP contribution in [0.1, 0.15) is 18.1 Å². The third-order valence-corrected chi connectivity index (χ3v) is 2.92. The molecule has 78 valence electrons. The van der Waals surface area contributed by atoms with Gasteiger partial charge in [-0.25, -0.2) is 0 Å². The number of carboxylic acid groups (broad SMARTS) is 1. The highest BCUT2D eigenvalue weighted by Crippen LogP contribution is 2.35. The molecule has 0 aliphatic heterocycles. The van der Waals surface area contributed by atoms with Crippen molar-refractivity contribution >= 4 is 12.0 Å². The molecule has 0 saturated heterocycles. The average Bonchev–Trinajstić information content (AvgIpc) is 2.17. The van der Waals surface area contributed by atoms with Gasteiger partial charge in [0.05, 0.1) is 11.5 Å². The molecular weight excluding hydrogens is 190 g/mol. The van der Waals surface area contributed by atoms with Crippen LogP contribution in [0.3, 0.4) is 0 Å². The molecule has 0 fully saturated rings. The summed E-state index contributed by atoms with van der Waals surface area (Å²) >= 11 is 0. The monoisotopic (exact) mass is 203 g/mol. The number of carbonyl (C=O) groups is 1. The van der Waals surface area contributed by atoms with E-state index >= 15 is 0 Å². The Hall–Kier alpha value is -1.61. The van der Waals surface area contributed by atoms with E-state index in [1.165, 1.54) is 0 Å². The summed E-state index contributed by atoms with van der Waals surface area (Å²) in [5.41, 5.74) is 7.16. The maximum Gasteiger partial charge on any atom is 0.312 e. The van der Waals surface area contributed by atoms with E-state index in [-0.39, 0.29) is 0 Å². The van der Waals surface area contributed by atoms with Crippen LogP contribution in [-0.4, -0.2) is 11.1 Å². The van der Waals surface area contributed by atoms with Gasteiger partial charge in [-0.05, 0) is 18.1 Å². The van der Waals surface area contributed by atoms with Gasteiger partial charge in [0.1, 0.15) is 0 Å². The van der Waals surface area contributed by atoms with Crippen LogP contribution in [0.4, 0.5) is 0 Å². The summed E-state index contributed by atoms with van der Waals surface area (Å²) in [5, 5.41) is 9.07. The molecule has 3 heteroatoms. The van der Waals surface area contributed by atoms with E-state index in [1.807, 2.05) is 30.3 Å². The summed E-state index contributed by atoms with van der Waals surface area (Å²) in [6.45, 7) is 1.76. The van der Waals surface area contributed by atoms with Gasteiger partial charge in [-0.1, -0.05) is 36.4 Å². The lowest BCUT2D eigenvalue weighted by Gasteiger charge is -2.34. The molecule has 0 radical (unpaired) electrons. The van der Waals surface area contributed by atoms with Crippen LogP contribution >= 0.6 is 0 Å². The number of aliphatic carboxylic acids is 1. The first-order valence-corrected chi connectivity index (χ1v) is 4.83. The Morgan fingerprint density at radius 1 is 1.47 bits per heavy atom. The van der Waals surface area contributed by atoms with Crippen molar-refractivity contribution in [2.75, 3.05) is 0 Å². The summed E-state index contributed by atoms with van der Waals surface area (Å²) in [5.74, 6) is -1.54. The highest BCUT2D eigenvalue weighted by Gasteiger charge is 2.38. The van der Waals surface area contributed by atoms with Gasteiger partial charge in [-0.3, -0.25) is 4.79 Å². The average molecular weight is 203 g/mol. The molecular formula is C12H13NO2. The van der Waals surface area contributed by atoms with E-state index in [2.05, 4.69) is 0 Å². The van der Waals surface area contributed by atoms with Gasteiger partial charge in [-0.2, -0.15) is 0 Å². The van der Waals surface area contributed by atoms with Gasteiger partial charge >= 0.3 is 5.97 Å². The lowest BCUT2D eigenvalue weighted by molar-refractivity contribution is -0.142. The molecule has 1 aliphatic rings. The fourth-order valence-electron chi connectivity index (χ4n) is 2.04. The van der Waals surface area contributed by atoms with Crippen molar-refractivity contribution in [3.63, 3.8) is 0 Å². The van der Waals surface area contributed by atoms with E-state index in [0.717, 1.165) is 11.1 Å². The third-order valence-electron chi connectivity index (χ3n) is 2.92. The minimum Gasteiger partial charge on any atom is -0.481 e. The molecule has 2 rings (SSSR count). The van der Waals surface area contributed by atoms with Gasteiger partial charge < -0.3 is 10.8 Å². The number of nitrogens with two attached hydrogens (primary N) is 1. The predicted octanol–water partition coefficient (Wildman–Crippen LogP) is 1.59. The summed E-state index contributed by atoms with van der Waals surface area (Å²) in [7, 11) is 0. The van der Waals surface area contributed by atoms with Gasteiger partial charge in [0.2, 0.25) is 0 Å². The predicted molar refractivity (Wildman–Crippen MR) is 58.1 cm³/mol. The van der Waals surface area contributed by atoms with E-state index in [0.29, 0.717) is 0 Å². The summed E-state index contributed by atoms with van der Waals surface area (Å²) < 4.78 is 0. The lowest BCUT2D eigenvalue weighted by Crippen LogP contribution is -2.45. The number of hydrogen-bond acceptors (Lipinski definition) is 2. The minimum absolute atomic E-state index is 0.660. The molecule has 0 aromatic heterocycles. The van der Waals surface area contributed by atoms with Crippen molar-refractivity contribution in [2.45, 2.75) is 12.5 Å². The highest BCUT2D eigenvalue weighted by atomic mass is 16.4. The van der Waals surface area contributed by atoms with Gasteiger partial charge in [-0.15, -0.1) is 0 Å². The first kappa shape index (κ1) is 9.93. The van der Waals surface area contributed by atoms with Crippen LogP contribution in [0.15, 0.2) is 30.3 Å². The zero-order chi connectivity index (χ0) is 11.1. The van der Waals surface area contributed by atoms with Crippen LogP contribution in [0, 0.1) is 5.92 Å². The fourth-order valence-corrected chi connectivity index (χ4v) is 2.04. The van der Waals surface area contributed by atoms with Crippen molar-refractivity contribution in [3.05, 3.63) is 41.5 Å². The van der Waals surface area contributed by atoms with Gasteiger partial charge in [0, 0.05) is 0 Å². The van der Waals surface area contributed by atoms with E-state index in [4.69, 9.17) is 10.8 Å². The zero-order valence-electron chi connectivity index (χ0n) is 8.47. The smallest absolute Gasteiger partial charge is 0.312 e. The van der Waals surface area contributed by atoms with Crippen molar-refractivity contribution in [2.24, 2.45) is 11.7 Å². The summed E-state index contributed by atoms with van der Waals surface area (Å²) in [6, 6.07) is 7.62. The first-order valence-electron chi connectivity index (χ1n) is 4.83. The molecule has 1 aliphatic carbocycles. The quantitative estimate of drug-likeness (QED) is 0.728. The van der Waals surface area contributed by atoms with Crippen molar-refractivity contribution in [3.8, 4) is 0 Å². The molecule has 0 heterocycles. The second-order valence-corrected chi connectivity index (χ2v) is 4.04. The van der Waals surface area contributed by atoms with E-state index in [9.17, 15) is 4.79 Å². The maximum absolute atomic E-state index is 11.0. The lowest BCUT2D eigenvalue weighted by atomic mass is 9.74. The molecule has 0 spiro atoms. The Labute approximate surface area is 88.2 Å². The maximum atomic E-state index is 11.0. The van der Waals surface area contributed by atoms with Gasteiger partial charge in [0.25, 0.3) is 0 Å². The summed E-state index contributed by atoms with van der Waals surface area (Å²) in [4.78, 5) is 11.0. The first-order chi connectivity index (χ1) is 7.03. The number of fused-ring (bicyclic) bond motifs is 1. The molecule has 2 atom stereocenters. The Morgan fingerprint density at radius 3 is 2.80 bits per heavy atom.